The number of morpholine rings is 1. The van der Waals surface area contributed by atoms with Crippen molar-refractivity contribution in [3.63, 3.8) is 0 Å². The molecule has 0 aliphatic carbocycles. The Balaban J connectivity index is 2.01. The lowest BCUT2D eigenvalue weighted by Crippen LogP contribution is -2.53. The molecule has 0 radical (unpaired) electrons. The lowest BCUT2D eigenvalue weighted by atomic mass is 9.99. The molecule has 0 aromatic rings. The van der Waals surface area contributed by atoms with E-state index in [1.165, 1.54) is 8.61 Å². The smallest absolute Gasteiger partial charge is 0.306 e. The predicted molar refractivity (Wildman–Crippen MR) is 67.8 cm³/mol. The number of hydrogen-bond donors (Lipinski definition) is 1. The highest BCUT2D eigenvalue weighted by atomic mass is 32.2. The Hall–Kier alpha value is -1.21. The Morgan fingerprint density at radius 1 is 1.25 bits per heavy atom. The van der Waals surface area contributed by atoms with Crippen LogP contribution >= 0.6 is 0 Å². The van der Waals surface area contributed by atoms with Gasteiger partial charge >= 0.3 is 5.97 Å². The fraction of sp³-hybridized carbons (Fsp3) is 0.818. The second-order valence-corrected chi connectivity index (χ2v) is 6.79. The van der Waals surface area contributed by atoms with Gasteiger partial charge in [-0.25, -0.2) is 0 Å². The summed E-state index contributed by atoms with van der Waals surface area (Å²) in [6.07, 6.45) is -0.101. The van der Waals surface area contributed by atoms with Gasteiger partial charge in [-0.2, -0.15) is 22.3 Å². The minimum atomic E-state index is -3.63. The van der Waals surface area contributed by atoms with Crippen LogP contribution in [0.4, 0.5) is 0 Å². The van der Waals surface area contributed by atoms with Crippen molar-refractivity contribution >= 4 is 16.2 Å². The third-order valence-corrected chi connectivity index (χ3v) is 5.63. The highest BCUT2D eigenvalue weighted by Gasteiger charge is 2.37. The van der Waals surface area contributed by atoms with E-state index < -0.39 is 28.2 Å². The monoisotopic (exact) mass is 303 g/mol. The van der Waals surface area contributed by atoms with Gasteiger partial charge in [0.25, 0.3) is 10.2 Å². The van der Waals surface area contributed by atoms with E-state index in [2.05, 4.69) is 0 Å². The van der Waals surface area contributed by atoms with Crippen LogP contribution in [0.15, 0.2) is 0 Å². The van der Waals surface area contributed by atoms with Gasteiger partial charge in [-0.05, 0) is 12.8 Å². The highest BCUT2D eigenvalue weighted by molar-refractivity contribution is 7.86. The molecule has 2 aliphatic heterocycles. The predicted octanol–water partition coefficient (Wildman–Crippen LogP) is -0.748. The van der Waals surface area contributed by atoms with Gasteiger partial charge in [0.05, 0.1) is 25.1 Å². The molecule has 20 heavy (non-hydrogen) atoms. The maximum atomic E-state index is 12.4. The Bertz CT molecular complexity index is 507. The summed E-state index contributed by atoms with van der Waals surface area (Å²) in [6, 6.07) is 1.91. The third kappa shape index (κ3) is 3.09. The second kappa shape index (κ2) is 6.05. The molecular formula is C11H17N3O5S. The molecule has 2 aliphatic rings. The van der Waals surface area contributed by atoms with Gasteiger partial charge < -0.3 is 9.84 Å². The fourth-order valence-electron chi connectivity index (χ4n) is 2.41. The van der Waals surface area contributed by atoms with Crippen LogP contribution in [-0.2, 0) is 19.7 Å². The summed E-state index contributed by atoms with van der Waals surface area (Å²) >= 11 is 0. The average molecular weight is 303 g/mol. The molecule has 8 nitrogen and oxygen atoms in total. The van der Waals surface area contributed by atoms with Gasteiger partial charge in [0, 0.05) is 19.6 Å². The zero-order chi connectivity index (χ0) is 14.8. The van der Waals surface area contributed by atoms with E-state index in [0.29, 0.717) is 12.8 Å². The van der Waals surface area contributed by atoms with Gasteiger partial charge in [0.15, 0.2) is 6.10 Å². The average Bonchev–Trinajstić information content (AvgIpc) is 2.47. The largest absolute Gasteiger partial charge is 0.481 e. The number of piperidine rings is 1. The summed E-state index contributed by atoms with van der Waals surface area (Å²) in [5.74, 6) is -1.35. The van der Waals surface area contributed by atoms with Crippen molar-refractivity contribution in [1.82, 2.24) is 8.61 Å². The van der Waals surface area contributed by atoms with Crippen molar-refractivity contribution in [2.45, 2.75) is 18.9 Å². The highest BCUT2D eigenvalue weighted by Crippen LogP contribution is 2.22. The van der Waals surface area contributed by atoms with E-state index in [9.17, 15) is 13.2 Å². The van der Waals surface area contributed by atoms with E-state index in [1.807, 2.05) is 6.07 Å². The van der Waals surface area contributed by atoms with Crippen LogP contribution in [0.3, 0.4) is 0 Å². The van der Waals surface area contributed by atoms with E-state index in [-0.39, 0.29) is 32.8 Å². The summed E-state index contributed by atoms with van der Waals surface area (Å²) in [5.41, 5.74) is 0. The maximum absolute atomic E-state index is 12.4. The van der Waals surface area contributed by atoms with Crippen LogP contribution in [0.25, 0.3) is 0 Å². The van der Waals surface area contributed by atoms with Crippen LogP contribution in [0.1, 0.15) is 12.8 Å². The number of nitriles is 1. The molecule has 0 spiro atoms. The Morgan fingerprint density at radius 3 is 2.45 bits per heavy atom. The first-order chi connectivity index (χ1) is 9.45. The number of ether oxygens (including phenoxy) is 1. The number of aliphatic carboxylic acids is 1. The number of nitrogens with zero attached hydrogens (tertiary/aromatic N) is 3. The lowest BCUT2D eigenvalue weighted by Gasteiger charge is -2.36. The normalized spacial score (nSPS) is 27.1. The molecule has 1 atom stereocenters. The molecule has 112 valence electrons. The van der Waals surface area contributed by atoms with Crippen molar-refractivity contribution in [2.75, 3.05) is 32.8 Å². The first kappa shape index (κ1) is 15.2. The quantitative estimate of drug-likeness (QED) is 0.734. The van der Waals surface area contributed by atoms with E-state index in [4.69, 9.17) is 15.1 Å². The van der Waals surface area contributed by atoms with E-state index in [1.54, 1.807) is 0 Å². The molecule has 0 bridgehead atoms. The molecule has 2 heterocycles. The summed E-state index contributed by atoms with van der Waals surface area (Å²) in [5, 5.41) is 17.7. The van der Waals surface area contributed by atoms with Gasteiger partial charge in [-0.3, -0.25) is 4.79 Å². The van der Waals surface area contributed by atoms with Crippen LogP contribution in [0, 0.1) is 17.2 Å². The van der Waals surface area contributed by atoms with Crippen LogP contribution < -0.4 is 0 Å². The summed E-state index contributed by atoms with van der Waals surface area (Å²) < 4.78 is 32.5. The molecule has 0 aromatic heterocycles. The number of rotatable bonds is 3. The number of carboxylic acids is 1. The molecule has 2 fully saturated rings. The molecule has 0 aromatic carbocycles. The number of carboxylic acid groups (broad SMARTS) is 1. The van der Waals surface area contributed by atoms with Gasteiger partial charge in [0.2, 0.25) is 0 Å². The van der Waals surface area contributed by atoms with Crippen LogP contribution in [0.5, 0.6) is 0 Å². The van der Waals surface area contributed by atoms with Crippen molar-refractivity contribution < 1.29 is 23.1 Å². The fourth-order valence-corrected chi connectivity index (χ4v) is 4.04. The molecule has 2 saturated heterocycles. The number of hydrogen-bond acceptors (Lipinski definition) is 5. The summed E-state index contributed by atoms with van der Waals surface area (Å²) in [4.78, 5) is 10.9. The van der Waals surface area contributed by atoms with Crippen molar-refractivity contribution in [1.29, 1.82) is 5.26 Å². The SMILES string of the molecule is N#CC1CN(S(=O)(=O)N2CCC(C(=O)O)CC2)CCO1. The molecule has 1 N–H and O–H groups in total. The molecular weight excluding hydrogens is 286 g/mol. The minimum Gasteiger partial charge on any atom is -0.481 e. The van der Waals surface area contributed by atoms with Gasteiger partial charge in [0.1, 0.15) is 0 Å². The first-order valence-corrected chi connectivity index (χ1v) is 7.84. The molecule has 2 rings (SSSR count). The first-order valence-electron chi connectivity index (χ1n) is 6.44. The van der Waals surface area contributed by atoms with Gasteiger partial charge in [-0.1, -0.05) is 0 Å². The second-order valence-electron chi connectivity index (χ2n) is 4.87. The van der Waals surface area contributed by atoms with E-state index in [0.717, 1.165) is 0 Å². The minimum absolute atomic E-state index is 0.0255. The molecule has 0 amide bonds. The molecule has 1 unspecified atom stereocenters. The number of carbonyl (C=O) groups is 1. The van der Waals surface area contributed by atoms with Crippen LogP contribution in [0.2, 0.25) is 0 Å². The zero-order valence-corrected chi connectivity index (χ0v) is 11.8. The van der Waals surface area contributed by atoms with Crippen molar-refractivity contribution in [2.24, 2.45) is 5.92 Å². The summed E-state index contributed by atoms with van der Waals surface area (Å²) in [6.45, 7) is 0.849. The Morgan fingerprint density at radius 2 is 1.90 bits per heavy atom. The van der Waals surface area contributed by atoms with Crippen LogP contribution in [-0.4, -0.2) is 67.0 Å². The third-order valence-electron chi connectivity index (χ3n) is 3.63. The Kier molecular flexibility index (Phi) is 4.59. The van der Waals surface area contributed by atoms with Gasteiger partial charge in [-0.15, -0.1) is 0 Å². The van der Waals surface area contributed by atoms with Crippen molar-refractivity contribution in [3.05, 3.63) is 0 Å². The molecule has 9 heteroatoms. The topological polar surface area (TPSA) is 111 Å². The zero-order valence-electron chi connectivity index (χ0n) is 10.9. The van der Waals surface area contributed by atoms with E-state index >= 15 is 0 Å². The lowest BCUT2D eigenvalue weighted by molar-refractivity contribution is -0.142. The Labute approximate surface area is 117 Å². The van der Waals surface area contributed by atoms with Crippen molar-refractivity contribution in [3.8, 4) is 6.07 Å². The summed E-state index contributed by atoms with van der Waals surface area (Å²) in [7, 11) is -3.63. The standard InChI is InChI=1S/C11H17N3O5S/c12-7-10-8-14(5-6-19-10)20(17,18)13-3-1-9(2-4-13)11(15)16/h9-10H,1-6,8H2,(H,15,16). The maximum Gasteiger partial charge on any atom is 0.306 e. The molecule has 0 saturated carbocycles.